The first kappa shape index (κ1) is 21.4. The molecular weight excluding hydrogens is 410 g/mol. The molecular formula is C24H31N3O5. The first-order valence-electron chi connectivity index (χ1n) is 11.7. The van der Waals surface area contributed by atoms with Crippen LogP contribution in [-0.4, -0.2) is 69.5 Å². The third kappa shape index (κ3) is 4.01. The third-order valence-corrected chi connectivity index (χ3v) is 7.54. The SMILES string of the molecule is CC1(O)CCN([C@H]2CCC[C@H]2Oc2ccc3c(c2)CN(C2CCC(=O)NC2=O)C3=O)CC1. The third-order valence-electron chi connectivity index (χ3n) is 7.54. The van der Waals surface area contributed by atoms with Gasteiger partial charge >= 0.3 is 0 Å². The molecule has 4 aliphatic rings. The summed E-state index contributed by atoms with van der Waals surface area (Å²) >= 11 is 0. The Hall–Kier alpha value is -2.45. The van der Waals surface area contributed by atoms with Gasteiger partial charge in [0.15, 0.2) is 0 Å². The van der Waals surface area contributed by atoms with Crippen LogP contribution in [0.4, 0.5) is 0 Å². The number of likely N-dealkylation sites (tertiary alicyclic amines) is 1. The number of rotatable bonds is 4. The molecule has 3 fully saturated rings. The molecule has 5 rings (SSSR count). The second-order valence-electron chi connectivity index (χ2n) is 9.91. The van der Waals surface area contributed by atoms with Gasteiger partial charge in [-0.2, -0.15) is 0 Å². The quantitative estimate of drug-likeness (QED) is 0.689. The van der Waals surface area contributed by atoms with Crippen LogP contribution in [0.3, 0.4) is 0 Å². The van der Waals surface area contributed by atoms with Crippen LogP contribution in [0.2, 0.25) is 0 Å². The summed E-state index contributed by atoms with van der Waals surface area (Å²) in [4.78, 5) is 40.6. The highest BCUT2D eigenvalue weighted by Crippen LogP contribution is 2.34. The lowest BCUT2D eigenvalue weighted by Crippen LogP contribution is -2.52. The number of amides is 3. The first-order valence-corrected chi connectivity index (χ1v) is 11.7. The number of carbonyl (C=O) groups excluding carboxylic acids is 3. The van der Waals surface area contributed by atoms with Crippen LogP contribution in [0, 0.1) is 0 Å². The minimum atomic E-state index is -0.604. The summed E-state index contributed by atoms with van der Waals surface area (Å²) in [5.74, 6) is -0.0922. The van der Waals surface area contributed by atoms with Crippen molar-refractivity contribution in [3.8, 4) is 5.75 Å². The van der Waals surface area contributed by atoms with Crippen molar-refractivity contribution in [3.63, 3.8) is 0 Å². The molecule has 1 aliphatic carbocycles. The van der Waals surface area contributed by atoms with Gasteiger partial charge in [-0.15, -0.1) is 0 Å². The molecule has 0 spiro atoms. The first-order chi connectivity index (χ1) is 15.3. The number of carbonyl (C=O) groups is 3. The molecule has 8 nitrogen and oxygen atoms in total. The molecule has 3 aliphatic heterocycles. The van der Waals surface area contributed by atoms with Gasteiger partial charge in [0.25, 0.3) is 5.91 Å². The van der Waals surface area contributed by atoms with Gasteiger partial charge < -0.3 is 14.7 Å². The molecule has 0 bridgehead atoms. The fraction of sp³-hybridized carbons (Fsp3) is 0.625. The molecule has 2 saturated heterocycles. The van der Waals surface area contributed by atoms with Gasteiger partial charge in [0, 0.05) is 37.7 Å². The van der Waals surface area contributed by atoms with Crippen LogP contribution in [0.25, 0.3) is 0 Å². The van der Waals surface area contributed by atoms with Crippen LogP contribution in [-0.2, 0) is 16.1 Å². The Morgan fingerprint density at radius 1 is 1.12 bits per heavy atom. The zero-order valence-electron chi connectivity index (χ0n) is 18.5. The molecule has 3 heterocycles. The van der Waals surface area contributed by atoms with Gasteiger partial charge in [0.05, 0.1) is 5.60 Å². The van der Waals surface area contributed by atoms with E-state index in [1.165, 1.54) is 0 Å². The van der Waals surface area contributed by atoms with Crippen molar-refractivity contribution in [2.24, 2.45) is 0 Å². The van der Waals surface area contributed by atoms with E-state index in [0.717, 1.165) is 56.5 Å². The second kappa shape index (κ2) is 8.15. The molecule has 1 aromatic rings. The lowest BCUT2D eigenvalue weighted by atomic mass is 9.92. The molecule has 32 heavy (non-hydrogen) atoms. The van der Waals surface area contributed by atoms with Crippen LogP contribution < -0.4 is 10.1 Å². The van der Waals surface area contributed by atoms with E-state index in [2.05, 4.69) is 10.2 Å². The van der Waals surface area contributed by atoms with Gasteiger partial charge in [0.2, 0.25) is 11.8 Å². The van der Waals surface area contributed by atoms with Crippen molar-refractivity contribution in [2.75, 3.05) is 13.1 Å². The zero-order chi connectivity index (χ0) is 22.5. The summed E-state index contributed by atoms with van der Waals surface area (Å²) in [5, 5.41) is 12.6. The number of hydrogen-bond donors (Lipinski definition) is 2. The Morgan fingerprint density at radius 3 is 2.66 bits per heavy atom. The second-order valence-corrected chi connectivity index (χ2v) is 9.91. The van der Waals surface area contributed by atoms with Crippen molar-refractivity contribution < 1.29 is 24.2 Å². The Kier molecular flexibility index (Phi) is 5.45. The van der Waals surface area contributed by atoms with Crippen molar-refractivity contribution in [2.45, 2.75) is 82.2 Å². The number of imide groups is 1. The lowest BCUT2D eigenvalue weighted by molar-refractivity contribution is -0.136. The summed E-state index contributed by atoms with van der Waals surface area (Å²) < 4.78 is 6.41. The Labute approximate surface area is 187 Å². The van der Waals surface area contributed by atoms with Crippen molar-refractivity contribution in [1.29, 1.82) is 0 Å². The molecule has 172 valence electrons. The average molecular weight is 442 g/mol. The van der Waals surface area contributed by atoms with Crippen molar-refractivity contribution in [1.82, 2.24) is 15.1 Å². The molecule has 1 saturated carbocycles. The fourth-order valence-corrected chi connectivity index (χ4v) is 5.60. The summed E-state index contributed by atoms with van der Waals surface area (Å²) in [6.07, 6.45) is 5.49. The topological polar surface area (TPSA) is 99.2 Å². The van der Waals surface area contributed by atoms with Crippen molar-refractivity contribution in [3.05, 3.63) is 29.3 Å². The highest BCUT2D eigenvalue weighted by molar-refractivity contribution is 6.05. The number of aliphatic hydroxyl groups is 1. The minimum absolute atomic E-state index is 0.0967. The maximum absolute atomic E-state index is 12.9. The van der Waals surface area contributed by atoms with E-state index in [1.807, 2.05) is 19.1 Å². The average Bonchev–Trinajstić information content (AvgIpc) is 3.33. The highest BCUT2D eigenvalue weighted by Gasteiger charge is 2.40. The van der Waals surface area contributed by atoms with Crippen molar-refractivity contribution >= 4 is 17.7 Å². The monoisotopic (exact) mass is 441 g/mol. The van der Waals surface area contributed by atoms with Gasteiger partial charge in [-0.25, -0.2) is 0 Å². The molecule has 3 amide bonds. The summed E-state index contributed by atoms with van der Waals surface area (Å²) in [6, 6.07) is 5.31. The smallest absolute Gasteiger partial charge is 0.255 e. The van der Waals surface area contributed by atoms with E-state index in [1.54, 1.807) is 11.0 Å². The number of nitrogens with zero attached hydrogens (tertiary/aromatic N) is 2. The van der Waals surface area contributed by atoms with E-state index in [-0.39, 0.29) is 24.3 Å². The van der Waals surface area contributed by atoms with Gasteiger partial charge in [-0.05, 0) is 69.2 Å². The predicted octanol–water partition coefficient (Wildman–Crippen LogP) is 1.59. The number of benzene rings is 1. The largest absolute Gasteiger partial charge is 0.489 e. The molecule has 3 atom stereocenters. The summed E-state index contributed by atoms with van der Waals surface area (Å²) in [7, 11) is 0. The van der Waals surface area contributed by atoms with Crippen LogP contribution >= 0.6 is 0 Å². The summed E-state index contributed by atoms with van der Waals surface area (Å²) in [6.45, 7) is 4.04. The van der Waals surface area contributed by atoms with E-state index < -0.39 is 17.6 Å². The molecule has 8 heteroatoms. The van der Waals surface area contributed by atoms with Crippen LogP contribution in [0.15, 0.2) is 18.2 Å². The number of hydrogen-bond acceptors (Lipinski definition) is 6. The molecule has 0 aromatic heterocycles. The standard InChI is InChI=1S/C24H31N3O5/c1-24(31)9-11-26(12-10-24)18-3-2-4-20(18)32-16-5-6-17-15(13-16)14-27(23(17)30)19-7-8-21(28)25-22(19)29/h5-6,13,18-20,31H,2-4,7-12,14H2,1H3,(H,25,28,29)/t18-,19?,20+/m0/s1. The normalized spacial score (nSPS) is 30.4. The maximum atomic E-state index is 12.9. The van der Waals surface area contributed by atoms with E-state index in [9.17, 15) is 19.5 Å². The van der Waals surface area contributed by atoms with E-state index >= 15 is 0 Å². The number of nitrogens with one attached hydrogen (secondary N) is 1. The van der Waals surface area contributed by atoms with E-state index in [4.69, 9.17) is 4.74 Å². The Balaban J connectivity index is 1.26. The maximum Gasteiger partial charge on any atom is 0.255 e. The minimum Gasteiger partial charge on any atom is -0.489 e. The summed E-state index contributed by atoms with van der Waals surface area (Å²) in [5.41, 5.74) is 0.899. The highest BCUT2D eigenvalue weighted by atomic mass is 16.5. The van der Waals surface area contributed by atoms with Gasteiger partial charge in [0.1, 0.15) is 17.9 Å². The Morgan fingerprint density at radius 2 is 1.91 bits per heavy atom. The van der Waals surface area contributed by atoms with E-state index in [0.29, 0.717) is 24.6 Å². The van der Waals surface area contributed by atoms with Crippen LogP contribution in [0.1, 0.15) is 67.8 Å². The Bertz CT molecular complexity index is 936. The van der Waals surface area contributed by atoms with Crippen LogP contribution in [0.5, 0.6) is 5.75 Å². The predicted molar refractivity (Wildman–Crippen MR) is 116 cm³/mol. The number of piperidine rings is 2. The number of fused-ring (bicyclic) bond motifs is 1. The lowest BCUT2D eigenvalue weighted by Gasteiger charge is -2.40. The molecule has 2 N–H and O–H groups in total. The zero-order valence-corrected chi connectivity index (χ0v) is 18.5. The molecule has 1 aromatic carbocycles. The number of ether oxygens (including phenoxy) is 1. The fourth-order valence-electron chi connectivity index (χ4n) is 5.60. The molecule has 0 radical (unpaired) electrons. The van der Waals surface area contributed by atoms with Gasteiger partial charge in [-0.1, -0.05) is 0 Å². The van der Waals surface area contributed by atoms with Gasteiger partial charge in [-0.3, -0.25) is 24.6 Å². The molecule has 1 unspecified atom stereocenters.